The van der Waals surface area contributed by atoms with Gasteiger partial charge in [0.25, 0.3) is 0 Å². The molecule has 0 bridgehead atoms. The topological polar surface area (TPSA) is 95.9 Å². The summed E-state index contributed by atoms with van der Waals surface area (Å²) < 4.78 is 5.94. The summed E-state index contributed by atoms with van der Waals surface area (Å²) in [5.41, 5.74) is 0. The van der Waals surface area contributed by atoms with Gasteiger partial charge < -0.3 is 20.3 Å². The Labute approximate surface area is 415 Å². The van der Waals surface area contributed by atoms with Crippen LogP contribution >= 0.6 is 0 Å². The lowest BCUT2D eigenvalue weighted by Gasteiger charge is -2.24. The van der Waals surface area contributed by atoms with Crippen LogP contribution in [0.4, 0.5) is 0 Å². The third-order valence-electron chi connectivity index (χ3n) is 12.8. The van der Waals surface area contributed by atoms with Crippen molar-refractivity contribution in [2.75, 3.05) is 6.61 Å². The second-order valence-corrected chi connectivity index (χ2v) is 19.4. The molecule has 0 rings (SSSR count). The fourth-order valence-electron chi connectivity index (χ4n) is 8.51. The fourth-order valence-corrected chi connectivity index (χ4v) is 8.51. The van der Waals surface area contributed by atoms with Gasteiger partial charge in [0.05, 0.1) is 25.2 Å². The van der Waals surface area contributed by atoms with Gasteiger partial charge in [-0.2, -0.15) is 0 Å². The molecule has 3 unspecified atom stereocenters. The van der Waals surface area contributed by atoms with Gasteiger partial charge in [0.2, 0.25) is 5.91 Å². The number of aliphatic hydroxyl groups excluding tert-OH is 2. The largest absolute Gasteiger partial charge is 0.462 e. The number of rotatable bonds is 51. The summed E-state index contributed by atoms with van der Waals surface area (Å²) in [4.78, 5) is 26.3. The summed E-state index contributed by atoms with van der Waals surface area (Å²) in [6.07, 6.45) is 69.6. The Hall–Kier alpha value is -2.70. The molecule has 1 amide bonds. The summed E-state index contributed by atoms with van der Waals surface area (Å²) in [7, 11) is 0. The molecule has 0 fully saturated rings. The zero-order chi connectivity index (χ0) is 48.8. The highest BCUT2D eigenvalue weighted by molar-refractivity contribution is 5.77. The summed E-state index contributed by atoms with van der Waals surface area (Å²) in [5.74, 6) is -0.518. The summed E-state index contributed by atoms with van der Waals surface area (Å²) in [5, 5.41) is 23.9. The van der Waals surface area contributed by atoms with Crippen molar-refractivity contribution in [3.63, 3.8) is 0 Å². The summed E-state index contributed by atoms with van der Waals surface area (Å²) in [6, 6.07) is -0.719. The van der Waals surface area contributed by atoms with Crippen LogP contribution in [0.2, 0.25) is 0 Å². The van der Waals surface area contributed by atoms with Gasteiger partial charge in [0.15, 0.2) is 0 Å². The van der Waals surface area contributed by atoms with E-state index in [4.69, 9.17) is 4.74 Å². The smallest absolute Gasteiger partial charge is 0.306 e. The molecule has 388 valence electrons. The Morgan fingerprint density at radius 1 is 0.463 bits per heavy atom. The first kappa shape index (κ1) is 64.3. The maximum absolute atomic E-state index is 13.3. The van der Waals surface area contributed by atoms with E-state index < -0.39 is 18.2 Å². The van der Waals surface area contributed by atoms with Crippen molar-refractivity contribution in [3.8, 4) is 0 Å². The van der Waals surface area contributed by atoms with E-state index in [1.165, 1.54) is 135 Å². The second-order valence-electron chi connectivity index (χ2n) is 19.4. The number of unbranched alkanes of at least 4 members (excludes halogenated alkanes) is 29. The van der Waals surface area contributed by atoms with Gasteiger partial charge in [-0.15, -0.1) is 0 Å². The van der Waals surface area contributed by atoms with E-state index in [1.807, 2.05) is 0 Å². The van der Waals surface area contributed by atoms with Crippen molar-refractivity contribution >= 4 is 11.9 Å². The van der Waals surface area contributed by atoms with Crippen LogP contribution < -0.4 is 5.32 Å². The predicted octanol–water partition coefficient (Wildman–Crippen LogP) is 17.7. The molecule has 6 heteroatoms. The van der Waals surface area contributed by atoms with Crippen LogP contribution in [0.5, 0.6) is 0 Å². The predicted molar refractivity (Wildman–Crippen MR) is 291 cm³/mol. The van der Waals surface area contributed by atoms with Crippen molar-refractivity contribution < 1.29 is 24.5 Å². The molecule has 0 aromatic heterocycles. The molecule has 0 heterocycles. The number of allylic oxidation sites excluding steroid dienone is 12. The molecule has 0 saturated carbocycles. The van der Waals surface area contributed by atoms with E-state index in [1.54, 1.807) is 0 Å². The molecular formula is C61H109NO5. The van der Waals surface area contributed by atoms with Gasteiger partial charge in [0, 0.05) is 6.42 Å². The van der Waals surface area contributed by atoms with Gasteiger partial charge in [-0.05, 0) is 83.5 Å². The Morgan fingerprint density at radius 3 is 1.36 bits per heavy atom. The molecule has 3 atom stereocenters. The lowest BCUT2D eigenvalue weighted by Crippen LogP contribution is -2.46. The highest BCUT2D eigenvalue weighted by atomic mass is 16.5. The SMILES string of the molecule is CC/C=C/C/C=C/C/C=C/CCCCCCCCC(=O)OC(CCCCC/C=C/C=C/C=C/CCCCCCC)CC(=O)NC(CO)C(O)CCCCCCCCCCCCCCCCCC. The minimum absolute atomic E-state index is 0.0476. The number of hydrogen-bond donors (Lipinski definition) is 3. The maximum atomic E-state index is 13.3. The van der Waals surface area contributed by atoms with E-state index in [-0.39, 0.29) is 24.9 Å². The monoisotopic (exact) mass is 936 g/mol. The number of amides is 1. The van der Waals surface area contributed by atoms with Crippen LogP contribution in [-0.4, -0.2) is 46.9 Å². The lowest BCUT2D eigenvalue weighted by atomic mass is 10.0. The summed E-state index contributed by atoms with van der Waals surface area (Å²) in [6.45, 7) is 6.37. The van der Waals surface area contributed by atoms with E-state index >= 15 is 0 Å². The molecule has 0 saturated heterocycles. The van der Waals surface area contributed by atoms with Crippen molar-refractivity contribution in [2.45, 2.75) is 296 Å². The van der Waals surface area contributed by atoms with Crippen LogP contribution in [0.1, 0.15) is 278 Å². The van der Waals surface area contributed by atoms with E-state index in [9.17, 15) is 19.8 Å². The number of hydrogen-bond acceptors (Lipinski definition) is 5. The number of carbonyl (C=O) groups excluding carboxylic acids is 2. The Morgan fingerprint density at radius 2 is 0.866 bits per heavy atom. The van der Waals surface area contributed by atoms with Crippen molar-refractivity contribution in [1.82, 2.24) is 5.32 Å². The molecule has 3 N–H and O–H groups in total. The second kappa shape index (κ2) is 54.2. The zero-order valence-electron chi connectivity index (χ0n) is 44.3. The average Bonchev–Trinajstić information content (AvgIpc) is 3.32. The van der Waals surface area contributed by atoms with E-state index in [0.717, 1.165) is 96.3 Å². The Kier molecular flexibility index (Phi) is 52.1. The highest BCUT2D eigenvalue weighted by Crippen LogP contribution is 2.18. The van der Waals surface area contributed by atoms with Crippen molar-refractivity contribution in [1.29, 1.82) is 0 Å². The Balaban J connectivity index is 4.64. The van der Waals surface area contributed by atoms with Crippen LogP contribution in [0.25, 0.3) is 0 Å². The highest BCUT2D eigenvalue weighted by Gasteiger charge is 2.24. The average molecular weight is 937 g/mol. The first-order valence-electron chi connectivity index (χ1n) is 28.7. The van der Waals surface area contributed by atoms with Gasteiger partial charge in [0.1, 0.15) is 6.10 Å². The summed E-state index contributed by atoms with van der Waals surface area (Å²) >= 11 is 0. The number of nitrogens with one attached hydrogen (secondary N) is 1. The van der Waals surface area contributed by atoms with Crippen molar-refractivity contribution in [2.24, 2.45) is 0 Å². The quantitative estimate of drug-likeness (QED) is 0.0244. The first-order chi connectivity index (χ1) is 33.0. The minimum atomic E-state index is -0.803. The fraction of sp³-hybridized carbons (Fsp3) is 0.770. The van der Waals surface area contributed by atoms with E-state index in [0.29, 0.717) is 19.3 Å². The first-order valence-corrected chi connectivity index (χ1v) is 28.7. The van der Waals surface area contributed by atoms with Crippen molar-refractivity contribution in [3.05, 3.63) is 72.9 Å². The van der Waals surface area contributed by atoms with Crippen LogP contribution in [0.3, 0.4) is 0 Å². The lowest BCUT2D eigenvalue weighted by molar-refractivity contribution is -0.151. The third kappa shape index (κ3) is 49.5. The molecule has 0 spiro atoms. The number of aliphatic hydroxyl groups is 2. The molecule has 6 nitrogen and oxygen atoms in total. The van der Waals surface area contributed by atoms with Gasteiger partial charge >= 0.3 is 5.97 Å². The molecule has 0 aliphatic carbocycles. The molecule has 0 aromatic rings. The molecule has 0 aliphatic rings. The maximum Gasteiger partial charge on any atom is 0.306 e. The number of esters is 1. The normalized spacial score (nSPS) is 13.7. The van der Waals surface area contributed by atoms with Crippen LogP contribution in [-0.2, 0) is 14.3 Å². The number of ether oxygens (including phenoxy) is 1. The molecule has 0 aromatic carbocycles. The van der Waals surface area contributed by atoms with Gasteiger partial charge in [-0.3, -0.25) is 9.59 Å². The van der Waals surface area contributed by atoms with Gasteiger partial charge in [-0.25, -0.2) is 0 Å². The molecule has 67 heavy (non-hydrogen) atoms. The molecule has 0 aliphatic heterocycles. The minimum Gasteiger partial charge on any atom is -0.462 e. The Bertz CT molecular complexity index is 1230. The van der Waals surface area contributed by atoms with E-state index in [2.05, 4.69) is 99.0 Å². The van der Waals surface area contributed by atoms with Gasteiger partial charge in [-0.1, -0.05) is 254 Å². The number of carbonyl (C=O) groups is 2. The van der Waals surface area contributed by atoms with Crippen LogP contribution in [0, 0.1) is 0 Å². The third-order valence-corrected chi connectivity index (χ3v) is 12.8. The molecule has 0 radical (unpaired) electrons. The zero-order valence-corrected chi connectivity index (χ0v) is 44.3. The van der Waals surface area contributed by atoms with Crippen LogP contribution in [0.15, 0.2) is 72.9 Å². The molecular weight excluding hydrogens is 827 g/mol. The standard InChI is InChI=1S/C61H109NO5/c1-4-7-10-13-16-19-22-25-28-31-34-37-40-43-46-49-52-57(67-61(66)54-51-48-45-42-39-36-33-30-27-24-21-18-15-12-9-6-3)55-60(65)62-58(56-63)59(64)53-50-47-44-41-38-35-32-29-26-23-20-17-14-11-8-5-2/h9,12,18,21-22,25,27-28,30-31,34,37,57-59,63-64H,4-8,10-11,13-17,19-20,23-24,26,29,32-33,35-36,38-56H2,1-3H3,(H,62,65)/b12-9+,21-18+,25-22+,30-27+,31-28+,37-34+.